The van der Waals surface area contributed by atoms with Crippen LogP contribution in [0.2, 0.25) is 0 Å². The number of ether oxygens (including phenoxy) is 1. The maximum absolute atomic E-state index is 5.59. The lowest BCUT2D eigenvalue weighted by Crippen LogP contribution is -2.12. The van der Waals surface area contributed by atoms with Gasteiger partial charge in [-0.3, -0.25) is 0 Å². The van der Waals surface area contributed by atoms with Gasteiger partial charge in [-0.15, -0.1) is 0 Å². The molecule has 1 aromatic rings. The third-order valence-electron chi connectivity index (χ3n) is 1.86. The first-order valence-electron chi connectivity index (χ1n) is 4.63. The SMILES string of the molecule is CCO[C@@H](c1cnn(C)n1)C(C)C. The highest BCUT2D eigenvalue weighted by Crippen LogP contribution is 2.22. The van der Waals surface area contributed by atoms with E-state index in [1.54, 1.807) is 11.0 Å². The van der Waals surface area contributed by atoms with Gasteiger partial charge in [0.25, 0.3) is 0 Å². The normalized spacial score (nSPS) is 13.6. The molecule has 0 saturated heterocycles. The van der Waals surface area contributed by atoms with Crippen LogP contribution in [0.1, 0.15) is 32.6 Å². The third kappa shape index (κ3) is 2.52. The van der Waals surface area contributed by atoms with Crippen molar-refractivity contribution < 1.29 is 4.74 Å². The van der Waals surface area contributed by atoms with Gasteiger partial charge >= 0.3 is 0 Å². The Kier molecular flexibility index (Phi) is 3.42. The van der Waals surface area contributed by atoms with Crippen molar-refractivity contribution >= 4 is 0 Å². The Labute approximate surface area is 78.9 Å². The second-order valence-corrected chi connectivity index (χ2v) is 3.38. The summed E-state index contributed by atoms with van der Waals surface area (Å²) in [4.78, 5) is 1.56. The van der Waals surface area contributed by atoms with Crippen molar-refractivity contribution in [2.45, 2.75) is 26.9 Å². The summed E-state index contributed by atoms with van der Waals surface area (Å²) < 4.78 is 5.59. The summed E-state index contributed by atoms with van der Waals surface area (Å²) in [6.07, 6.45) is 1.83. The Hall–Kier alpha value is -0.900. The number of hydrogen-bond acceptors (Lipinski definition) is 3. The van der Waals surface area contributed by atoms with Gasteiger partial charge in [0.2, 0.25) is 0 Å². The van der Waals surface area contributed by atoms with Crippen LogP contribution in [0.4, 0.5) is 0 Å². The van der Waals surface area contributed by atoms with Gasteiger partial charge in [-0.1, -0.05) is 13.8 Å². The molecule has 0 aliphatic heterocycles. The van der Waals surface area contributed by atoms with Crippen LogP contribution in [0.15, 0.2) is 6.20 Å². The zero-order valence-corrected chi connectivity index (χ0v) is 8.69. The largest absolute Gasteiger partial charge is 0.372 e. The number of aryl methyl sites for hydroxylation is 1. The standard InChI is InChI=1S/C9H17N3O/c1-5-13-9(7(2)3)8-6-10-12(4)11-8/h6-7,9H,5H2,1-4H3/t9-/m1/s1. The maximum atomic E-state index is 5.59. The van der Waals surface area contributed by atoms with Crippen LogP contribution in [-0.4, -0.2) is 21.6 Å². The molecule has 1 rings (SSSR count). The summed E-state index contributed by atoms with van der Waals surface area (Å²) in [5, 5.41) is 8.26. The van der Waals surface area contributed by atoms with Crippen molar-refractivity contribution in [2.24, 2.45) is 13.0 Å². The molecule has 0 fully saturated rings. The minimum atomic E-state index is 0.0682. The summed E-state index contributed by atoms with van der Waals surface area (Å²) in [5.74, 6) is 0.427. The van der Waals surface area contributed by atoms with E-state index in [1.165, 1.54) is 0 Å². The van der Waals surface area contributed by atoms with E-state index in [2.05, 4.69) is 24.0 Å². The molecule has 0 aromatic carbocycles. The molecular weight excluding hydrogens is 166 g/mol. The molecule has 4 nitrogen and oxygen atoms in total. The minimum Gasteiger partial charge on any atom is -0.372 e. The monoisotopic (exact) mass is 183 g/mol. The lowest BCUT2D eigenvalue weighted by atomic mass is 10.1. The van der Waals surface area contributed by atoms with Crippen LogP contribution >= 0.6 is 0 Å². The fraction of sp³-hybridized carbons (Fsp3) is 0.778. The van der Waals surface area contributed by atoms with Crippen molar-refractivity contribution in [3.63, 3.8) is 0 Å². The Morgan fingerprint density at radius 1 is 1.54 bits per heavy atom. The van der Waals surface area contributed by atoms with Gasteiger partial charge in [0.05, 0.1) is 6.20 Å². The molecule has 0 saturated carbocycles. The van der Waals surface area contributed by atoms with Gasteiger partial charge in [0.15, 0.2) is 0 Å². The van der Waals surface area contributed by atoms with E-state index in [9.17, 15) is 0 Å². The lowest BCUT2D eigenvalue weighted by molar-refractivity contribution is 0.0261. The number of hydrogen-bond donors (Lipinski definition) is 0. The van der Waals surface area contributed by atoms with Crippen molar-refractivity contribution in [2.75, 3.05) is 6.61 Å². The molecule has 1 atom stereocenters. The third-order valence-corrected chi connectivity index (χ3v) is 1.86. The molecule has 0 bridgehead atoms. The Balaban J connectivity index is 2.75. The van der Waals surface area contributed by atoms with Gasteiger partial charge < -0.3 is 4.74 Å². The molecule has 0 unspecified atom stereocenters. The van der Waals surface area contributed by atoms with Crippen LogP contribution < -0.4 is 0 Å². The number of aromatic nitrogens is 3. The quantitative estimate of drug-likeness (QED) is 0.711. The summed E-state index contributed by atoms with van der Waals surface area (Å²) in [6.45, 7) is 6.94. The highest BCUT2D eigenvalue weighted by Gasteiger charge is 2.18. The highest BCUT2D eigenvalue weighted by atomic mass is 16.5. The molecule has 74 valence electrons. The molecular formula is C9H17N3O. The molecule has 0 radical (unpaired) electrons. The van der Waals surface area contributed by atoms with Crippen molar-refractivity contribution in [1.82, 2.24) is 15.0 Å². The Morgan fingerprint density at radius 2 is 2.23 bits per heavy atom. The summed E-state index contributed by atoms with van der Waals surface area (Å²) in [5.41, 5.74) is 0.916. The van der Waals surface area contributed by atoms with E-state index in [0.29, 0.717) is 12.5 Å². The predicted octanol–water partition coefficient (Wildman–Crippen LogP) is 1.55. The van der Waals surface area contributed by atoms with Gasteiger partial charge in [0, 0.05) is 13.7 Å². The number of nitrogens with zero attached hydrogens (tertiary/aromatic N) is 3. The zero-order valence-electron chi connectivity index (χ0n) is 8.69. The molecule has 0 amide bonds. The fourth-order valence-corrected chi connectivity index (χ4v) is 1.29. The average molecular weight is 183 g/mol. The molecule has 1 aromatic heterocycles. The van der Waals surface area contributed by atoms with E-state index in [0.717, 1.165) is 5.69 Å². The van der Waals surface area contributed by atoms with E-state index >= 15 is 0 Å². The fourth-order valence-electron chi connectivity index (χ4n) is 1.29. The first-order valence-corrected chi connectivity index (χ1v) is 4.63. The second-order valence-electron chi connectivity index (χ2n) is 3.38. The molecule has 0 aliphatic carbocycles. The molecule has 1 heterocycles. The maximum Gasteiger partial charge on any atom is 0.112 e. The lowest BCUT2D eigenvalue weighted by Gasteiger charge is -2.17. The number of rotatable bonds is 4. The highest BCUT2D eigenvalue weighted by molar-refractivity contribution is 4.98. The van der Waals surface area contributed by atoms with Crippen LogP contribution in [0.25, 0.3) is 0 Å². The first-order chi connectivity index (χ1) is 6.15. The van der Waals surface area contributed by atoms with Gasteiger partial charge in [-0.05, 0) is 12.8 Å². The summed E-state index contributed by atoms with van der Waals surface area (Å²) >= 11 is 0. The van der Waals surface area contributed by atoms with Crippen LogP contribution in [0.3, 0.4) is 0 Å². The van der Waals surface area contributed by atoms with E-state index < -0.39 is 0 Å². The summed E-state index contributed by atoms with van der Waals surface area (Å²) in [7, 11) is 1.81. The second kappa shape index (κ2) is 4.37. The van der Waals surface area contributed by atoms with Gasteiger partial charge in [-0.25, -0.2) is 0 Å². The van der Waals surface area contributed by atoms with Crippen molar-refractivity contribution in [3.05, 3.63) is 11.9 Å². The molecule has 0 aliphatic rings. The average Bonchev–Trinajstić information content (AvgIpc) is 2.46. The van der Waals surface area contributed by atoms with Crippen molar-refractivity contribution in [3.8, 4) is 0 Å². The van der Waals surface area contributed by atoms with Crippen LogP contribution in [0.5, 0.6) is 0 Å². The van der Waals surface area contributed by atoms with Crippen molar-refractivity contribution in [1.29, 1.82) is 0 Å². The predicted molar refractivity (Wildman–Crippen MR) is 50.2 cm³/mol. The Bertz CT molecular complexity index is 257. The molecule has 0 N–H and O–H groups in total. The minimum absolute atomic E-state index is 0.0682. The first kappa shape index (κ1) is 10.2. The van der Waals surface area contributed by atoms with Crippen LogP contribution in [-0.2, 0) is 11.8 Å². The summed E-state index contributed by atoms with van der Waals surface area (Å²) in [6, 6.07) is 0. The topological polar surface area (TPSA) is 39.9 Å². The Morgan fingerprint density at radius 3 is 2.62 bits per heavy atom. The van der Waals surface area contributed by atoms with Gasteiger partial charge in [0.1, 0.15) is 11.8 Å². The van der Waals surface area contributed by atoms with Gasteiger partial charge in [-0.2, -0.15) is 15.0 Å². The zero-order chi connectivity index (χ0) is 9.84. The molecule has 13 heavy (non-hydrogen) atoms. The van der Waals surface area contributed by atoms with E-state index in [-0.39, 0.29) is 6.10 Å². The molecule has 4 heteroatoms. The smallest absolute Gasteiger partial charge is 0.112 e. The van der Waals surface area contributed by atoms with E-state index in [4.69, 9.17) is 4.74 Å². The van der Waals surface area contributed by atoms with Crippen LogP contribution in [0, 0.1) is 5.92 Å². The van der Waals surface area contributed by atoms with E-state index in [1.807, 2.05) is 14.0 Å². The molecule has 0 spiro atoms.